The number of anilines is 3. The Balaban J connectivity index is 1.10. The Bertz CT molecular complexity index is 1410. The Hall–Kier alpha value is -3.59. The van der Waals surface area contributed by atoms with Gasteiger partial charge in [-0.25, -0.2) is 9.37 Å². The van der Waals surface area contributed by atoms with Gasteiger partial charge in [-0.2, -0.15) is 10.2 Å². The Morgan fingerprint density at radius 1 is 1.05 bits per heavy atom. The maximum Gasteiger partial charge on any atom is 0.227 e. The van der Waals surface area contributed by atoms with E-state index in [4.69, 9.17) is 15.5 Å². The molecular formula is C30H38FN9O. The lowest BCUT2D eigenvalue weighted by molar-refractivity contribution is -0.0327. The van der Waals surface area contributed by atoms with Gasteiger partial charge in [0.25, 0.3) is 0 Å². The third-order valence-electron chi connectivity index (χ3n) is 8.24. The highest BCUT2D eigenvalue weighted by Gasteiger charge is 2.31. The molecule has 0 unspecified atom stereocenters. The summed E-state index contributed by atoms with van der Waals surface area (Å²) in [7, 11) is 0. The minimum atomic E-state index is -0.956. The number of nitrogens with two attached hydrogens (primary N) is 1. The van der Waals surface area contributed by atoms with Gasteiger partial charge in [0.1, 0.15) is 18.1 Å². The second kappa shape index (κ2) is 11.7. The molecule has 4 atom stereocenters. The lowest BCUT2D eigenvalue weighted by Gasteiger charge is -2.42. The predicted molar refractivity (Wildman–Crippen MR) is 158 cm³/mol. The van der Waals surface area contributed by atoms with Crippen molar-refractivity contribution in [1.82, 2.24) is 19.9 Å². The number of morpholine rings is 1. The summed E-state index contributed by atoms with van der Waals surface area (Å²) in [6.45, 7) is 10.9. The predicted octanol–water partition coefficient (Wildman–Crippen LogP) is 2.50. The van der Waals surface area contributed by atoms with Crippen LogP contribution >= 0.6 is 0 Å². The summed E-state index contributed by atoms with van der Waals surface area (Å²) in [5.74, 6) is 1.45. The van der Waals surface area contributed by atoms with Gasteiger partial charge in [-0.05, 0) is 44.5 Å². The van der Waals surface area contributed by atoms with Crippen molar-refractivity contribution < 1.29 is 9.13 Å². The average molecular weight is 560 g/mol. The molecule has 3 fully saturated rings. The molecule has 1 aromatic carbocycles. The second-order valence-electron chi connectivity index (χ2n) is 11.6. The van der Waals surface area contributed by atoms with Crippen LogP contribution < -0.4 is 20.4 Å². The third kappa shape index (κ3) is 6.05. The van der Waals surface area contributed by atoms with Crippen molar-refractivity contribution in [3.8, 4) is 6.07 Å². The third-order valence-corrected chi connectivity index (χ3v) is 8.24. The number of halogens is 1. The van der Waals surface area contributed by atoms with E-state index in [-0.39, 0.29) is 24.8 Å². The molecule has 0 radical (unpaired) electrons. The lowest BCUT2D eigenvalue weighted by atomic mass is 10.1. The van der Waals surface area contributed by atoms with E-state index >= 15 is 0 Å². The Morgan fingerprint density at radius 2 is 1.88 bits per heavy atom. The first-order valence-electron chi connectivity index (χ1n) is 14.5. The van der Waals surface area contributed by atoms with Crippen LogP contribution in [-0.4, -0.2) is 103 Å². The van der Waals surface area contributed by atoms with Crippen LogP contribution in [0.4, 0.5) is 21.8 Å². The van der Waals surface area contributed by atoms with Gasteiger partial charge in [-0.1, -0.05) is 0 Å². The second-order valence-corrected chi connectivity index (χ2v) is 11.6. The monoisotopic (exact) mass is 559 g/mol. The number of nitrogens with zero attached hydrogens (tertiary/aromatic N) is 8. The van der Waals surface area contributed by atoms with E-state index in [2.05, 4.69) is 37.7 Å². The van der Waals surface area contributed by atoms with E-state index in [0.717, 1.165) is 73.9 Å². The van der Waals surface area contributed by atoms with Crippen molar-refractivity contribution in [2.75, 3.05) is 73.6 Å². The SMILES string of the molecule is Cc1cc(N2CCN(C[C@H]3CN(c4ccc(C#N)c5ncccc45)C[C@@H](C)O3)CC2)nc(N2C[C@@H](N)C[C@@H](F)C2)n1. The minimum Gasteiger partial charge on any atom is -0.370 e. The number of aromatic nitrogens is 3. The molecule has 11 heteroatoms. The number of piperazine rings is 1. The largest absolute Gasteiger partial charge is 0.370 e. The van der Waals surface area contributed by atoms with Crippen LogP contribution in [0.2, 0.25) is 0 Å². The summed E-state index contributed by atoms with van der Waals surface area (Å²) in [6, 6.07) is 12.0. The van der Waals surface area contributed by atoms with E-state index in [0.29, 0.717) is 24.5 Å². The number of hydrogen-bond acceptors (Lipinski definition) is 10. The van der Waals surface area contributed by atoms with Crippen LogP contribution in [0.25, 0.3) is 10.9 Å². The average Bonchev–Trinajstić information content (AvgIpc) is 2.96. The first kappa shape index (κ1) is 27.6. The normalized spacial score (nSPS) is 25.9. The molecule has 2 N–H and O–H groups in total. The number of pyridine rings is 1. The van der Waals surface area contributed by atoms with Crippen molar-refractivity contribution >= 4 is 28.4 Å². The Kier molecular flexibility index (Phi) is 7.88. The number of benzene rings is 1. The fraction of sp³-hybridized carbons (Fsp3) is 0.533. The van der Waals surface area contributed by atoms with Crippen LogP contribution in [0.1, 0.15) is 24.6 Å². The van der Waals surface area contributed by atoms with E-state index in [9.17, 15) is 9.65 Å². The standard InChI is InChI=1S/C30H38FN9O/c1-20-12-28(36-30(35-20)40-16-23(31)13-24(33)17-40)38-10-8-37(9-11-38)18-25-19-39(15-21(2)41-25)27-6-5-22(14-32)29-26(27)4-3-7-34-29/h3-7,12,21,23-25H,8-11,13,15-19,33H2,1-2H3/t21-,23-,24+,25+/m1/s1. The number of aryl methyl sites for hydroxylation is 1. The molecule has 3 aromatic rings. The number of ether oxygens (including phenoxy) is 1. The highest BCUT2D eigenvalue weighted by Crippen LogP contribution is 2.30. The molecule has 10 nitrogen and oxygen atoms in total. The van der Waals surface area contributed by atoms with Crippen LogP contribution in [0, 0.1) is 18.3 Å². The molecule has 3 aliphatic rings. The van der Waals surface area contributed by atoms with Crippen molar-refractivity contribution in [2.24, 2.45) is 5.73 Å². The van der Waals surface area contributed by atoms with Crippen molar-refractivity contribution in [3.05, 3.63) is 47.8 Å². The van der Waals surface area contributed by atoms with Gasteiger partial charge in [-0.15, -0.1) is 0 Å². The molecule has 3 aliphatic heterocycles. The number of nitriles is 1. The van der Waals surface area contributed by atoms with Crippen molar-refractivity contribution in [1.29, 1.82) is 5.26 Å². The van der Waals surface area contributed by atoms with Crippen LogP contribution in [0.5, 0.6) is 0 Å². The van der Waals surface area contributed by atoms with E-state index in [1.165, 1.54) is 0 Å². The molecule has 0 aliphatic carbocycles. The molecule has 2 aromatic heterocycles. The van der Waals surface area contributed by atoms with E-state index in [1.54, 1.807) is 6.20 Å². The lowest BCUT2D eigenvalue weighted by Crippen LogP contribution is -2.54. The van der Waals surface area contributed by atoms with Crippen LogP contribution in [0.3, 0.4) is 0 Å². The first-order valence-corrected chi connectivity index (χ1v) is 14.5. The molecular weight excluding hydrogens is 521 g/mol. The summed E-state index contributed by atoms with van der Waals surface area (Å²) < 4.78 is 20.6. The van der Waals surface area contributed by atoms with Gasteiger partial charge >= 0.3 is 0 Å². The van der Waals surface area contributed by atoms with Crippen LogP contribution in [-0.2, 0) is 4.74 Å². The van der Waals surface area contributed by atoms with Gasteiger partial charge in [0, 0.05) is 87.4 Å². The van der Waals surface area contributed by atoms with Crippen LogP contribution in [0.15, 0.2) is 36.5 Å². The zero-order valence-corrected chi connectivity index (χ0v) is 23.8. The Morgan fingerprint density at radius 3 is 2.66 bits per heavy atom. The number of rotatable bonds is 5. The number of alkyl halides is 1. The van der Waals surface area contributed by atoms with E-state index in [1.807, 2.05) is 42.2 Å². The molecule has 0 amide bonds. The topological polar surface area (TPSA) is 111 Å². The molecule has 5 heterocycles. The molecule has 216 valence electrons. The van der Waals surface area contributed by atoms with E-state index < -0.39 is 6.17 Å². The zero-order chi connectivity index (χ0) is 28.5. The highest BCUT2D eigenvalue weighted by atomic mass is 19.1. The summed E-state index contributed by atoms with van der Waals surface area (Å²) >= 11 is 0. The number of fused-ring (bicyclic) bond motifs is 1. The molecule has 0 saturated carbocycles. The fourth-order valence-electron chi connectivity index (χ4n) is 6.39. The van der Waals surface area contributed by atoms with Gasteiger partial charge in [0.05, 0.1) is 29.8 Å². The number of hydrogen-bond donors (Lipinski definition) is 1. The summed E-state index contributed by atoms with van der Waals surface area (Å²) in [6.07, 6.45) is 1.33. The quantitative estimate of drug-likeness (QED) is 0.501. The fourth-order valence-corrected chi connectivity index (χ4v) is 6.39. The molecule has 6 rings (SSSR count). The highest BCUT2D eigenvalue weighted by molar-refractivity contribution is 5.95. The molecule has 41 heavy (non-hydrogen) atoms. The summed E-state index contributed by atoms with van der Waals surface area (Å²) in [5, 5.41) is 10.5. The van der Waals surface area contributed by atoms with Gasteiger partial charge in [0.2, 0.25) is 5.95 Å². The van der Waals surface area contributed by atoms with Crippen molar-refractivity contribution in [2.45, 2.75) is 44.7 Å². The maximum atomic E-state index is 14.2. The molecule has 0 bridgehead atoms. The van der Waals surface area contributed by atoms with Gasteiger partial charge in [-0.3, -0.25) is 9.88 Å². The summed E-state index contributed by atoms with van der Waals surface area (Å²) in [4.78, 5) is 22.9. The number of piperidine rings is 1. The zero-order valence-electron chi connectivity index (χ0n) is 23.8. The minimum absolute atomic E-state index is 0.0671. The Labute approximate surface area is 240 Å². The van der Waals surface area contributed by atoms with Gasteiger partial charge < -0.3 is 25.2 Å². The maximum absolute atomic E-state index is 14.2. The molecule has 3 saturated heterocycles. The smallest absolute Gasteiger partial charge is 0.227 e. The van der Waals surface area contributed by atoms with Crippen molar-refractivity contribution in [3.63, 3.8) is 0 Å². The first-order chi connectivity index (χ1) is 19.9. The molecule has 0 spiro atoms. The summed E-state index contributed by atoms with van der Waals surface area (Å²) in [5.41, 5.74) is 9.38. The van der Waals surface area contributed by atoms with Gasteiger partial charge in [0.15, 0.2) is 0 Å².